The Morgan fingerprint density at radius 1 is 1.00 bits per heavy atom. The van der Waals surface area contributed by atoms with Gasteiger partial charge in [-0.25, -0.2) is 9.18 Å². The maximum Gasteiger partial charge on any atom is 0.403 e. The van der Waals surface area contributed by atoms with E-state index in [2.05, 4.69) is 21.0 Å². The number of hydrogen-bond donors (Lipinski definition) is 0. The van der Waals surface area contributed by atoms with E-state index in [9.17, 15) is 31.9 Å². The number of ether oxygens (including phenoxy) is 2. The van der Waals surface area contributed by atoms with Gasteiger partial charge in [-0.2, -0.15) is 18.3 Å². The van der Waals surface area contributed by atoms with E-state index in [1.165, 1.54) is 23.2 Å². The topological polar surface area (TPSA) is 94.0 Å². The number of rotatable bonds is 9. The van der Waals surface area contributed by atoms with Gasteiger partial charge >= 0.3 is 12.1 Å². The van der Waals surface area contributed by atoms with Crippen molar-refractivity contribution < 1.29 is 41.4 Å². The van der Waals surface area contributed by atoms with Crippen LogP contribution in [0.15, 0.2) is 59.3 Å². The fraction of sp³-hybridized carbons (Fsp3) is 0.486. The zero-order valence-corrected chi connectivity index (χ0v) is 28.9. The molecular weight excluding hydrogens is 712 g/mol. The van der Waals surface area contributed by atoms with Gasteiger partial charge in [0.25, 0.3) is 5.91 Å². The molecule has 2 aliphatic heterocycles. The maximum absolute atomic E-state index is 13.8. The monoisotopic (exact) mass is 748 g/mol. The van der Waals surface area contributed by atoms with Crippen LogP contribution >= 0.6 is 15.9 Å². The van der Waals surface area contributed by atoms with Crippen molar-refractivity contribution in [1.29, 1.82) is 0 Å². The number of benzene rings is 2. The molecule has 0 radical (unpaired) electrons. The number of nitrogens with zero attached hydrogens (tertiary/aromatic N) is 4. The van der Waals surface area contributed by atoms with Gasteiger partial charge in [0, 0.05) is 48.2 Å². The van der Waals surface area contributed by atoms with Crippen molar-refractivity contribution in [2.24, 2.45) is 16.7 Å². The molecule has 1 atom stereocenters. The third-order valence-electron chi connectivity index (χ3n) is 9.52. The summed E-state index contributed by atoms with van der Waals surface area (Å²) in [5, 5.41) is 4.29. The summed E-state index contributed by atoms with van der Waals surface area (Å²) in [5.74, 6) is -2.38. The number of esters is 1. The molecule has 3 aliphatic rings. The molecule has 2 saturated heterocycles. The Morgan fingerprint density at radius 2 is 1.67 bits per heavy atom. The van der Waals surface area contributed by atoms with Gasteiger partial charge < -0.3 is 19.3 Å². The predicted octanol–water partition coefficient (Wildman–Crippen LogP) is 6.25. The summed E-state index contributed by atoms with van der Waals surface area (Å²) in [4.78, 5) is 42.7. The molecule has 3 fully saturated rings. The van der Waals surface area contributed by atoms with Gasteiger partial charge in [-0.05, 0) is 78.9 Å². The number of amides is 2. The van der Waals surface area contributed by atoms with Gasteiger partial charge in [0.15, 0.2) is 0 Å². The fourth-order valence-electron chi connectivity index (χ4n) is 6.76. The van der Waals surface area contributed by atoms with Gasteiger partial charge in [-0.1, -0.05) is 24.3 Å². The number of hydrogen-bond acceptors (Lipinski definition) is 6. The highest BCUT2D eigenvalue weighted by Gasteiger charge is 2.71. The van der Waals surface area contributed by atoms with Crippen molar-refractivity contribution in [3.8, 4) is 0 Å². The second-order valence-corrected chi connectivity index (χ2v) is 15.2. The average molecular weight is 750 g/mol. The van der Waals surface area contributed by atoms with E-state index in [4.69, 9.17) is 9.47 Å². The van der Waals surface area contributed by atoms with E-state index in [1.54, 1.807) is 66.9 Å². The van der Waals surface area contributed by atoms with Crippen molar-refractivity contribution in [1.82, 2.24) is 19.6 Å². The lowest BCUT2D eigenvalue weighted by atomic mass is 9.71. The SMILES string of the molecule is CC(C)(C)OC(=O)c1c(Br)cccc1COCC1CN(C(=O)c2cnn(Cc3ccc(F)cc3)c2)CC12CN(C(=O)C1(C(F)(F)F)CC1)C2. The van der Waals surface area contributed by atoms with Crippen molar-refractivity contribution in [2.45, 2.75) is 58.5 Å². The minimum Gasteiger partial charge on any atom is -0.456 e. The summed E-state index contributed by atoms with van der Waals surface area (Å²) in [6, 6.07) is 11.2. The summed E-state index contributed by atoms with van der Waals surface area (Å²) in [6.45, 7) is 6.46. The molecule has 49 heavy (non-hydrogen) atoms. The molecule has 9 nitrogen and oxygen atoms in total. The van der Waals surface area contributed by atoms with Crippen molar-refractivity contribution >= 4 is 33.7 Å². The summed E-state index contributed by atoms with van der Waals surface area (Å²) in [5.41, 5.74) is -1.65. The lowest BCUT2D eigenvalue weighted by Crippen LogP contribution is -2.65. The molecular formula is C35H37BrF4N4O5. The quantitative estimate of drug-likeness (QED) is 0.190. The molecule has 3 aromatic rings. The number of alkyl halides is 3. The second kappa shape index (κ2) is 12.8. The van der Waals surface area contributed by atoms with E-state index in [1.807, 2.05) is 0 Å². The molecule has 1 unspecified atom stereocenters. The van der Waals surface area contributed by atoms with Crippen LogP contribution in [0.4, 0.5) is 17.6 Å². The molecule has 0 bridgehead atoms. The predicted molar refractivity (Wildman–Crippen MR) is 173 cm³/mol. The number of carbonyl (C=O) groups is 3. The Balaban J connectivity index is 1.17. The zero-order valence-electron chi connectivity index (χ0n) is 27.4. The molecule has 0 N–H and O–H groups in total. The maximum atomic E-state index is 13.8. The Morgan fingerprint density at radius 3 is 2.31 bits per heavy atom. The van der Waals surface area contributed by atoms with Gasteiger partial charge in [0.2, 0.25) is 5.91 Å². The van der Waals surface area contributed by atoms with Gasteiger partial charge in [0.1, 0.15) is 16.8 Å². The minimum atomic E-state index is -4.61. The highest BCUT2D eigenvalue weighted by molar-refractivity contribution is 9.10. The van der Waals surface area contributed by atoms with E-state index >= 15 is 0 Å². The highest BCUT2D eigenvalue weighted by atomic mass is 79.9. The first-order chi connectivity index (χ1) is 23.0. The molecule has 14 heteroatoms. The van der Waals surface area contributed by atoms with Crippen LogP contribution in [0.2, 0.25) is 0 Å². The van der Waals surface area contributed by atoms with Crippen molar-refractivity contribution in [3.63, 3.8) is 0 Å². The van der Waals surface area contributed by atoms with Crippen LogP contribution in [0, 0.1) is 22.6 Å². The van der Waals surface area contributed by atoms with Crippen LogP contribution < -0.4 is 0 Å². The van der Waals surface area contributed by atoms with Crippen molar-refractivity contribution in [3.05, 3.63) is 87.4 Å². The van der Waals surface area contributed by atoms with Crippen LogP contribution in [0.1, 0.15) is 65.5 Å². The Kier molecular flexibility index (Phi) is 9.18. The largest absolute Gasteiger partial charge is 0.456 e. The number of carbonyl (C=O) groups excluding carboxylic acids is 3. The first-order valence-corrected chi connectivity index (χ1v) is 16.8. The van der Waals surface area contributed by atoms with E-state index in [0.29, 0.717) is 27.7 Å². The van der Waals surface area contributed by atoms with Gasteiger partial charge in [-0.3, -0.25) is 14.3 Å². The van der Waals surface area contributed by atoms with Crippen molar-refractivity contribution in [2.75, 3.05) is 32.8 Å². The third-order valence-corrected chi connectivity index (χ3v) is 10.2. The standard InChI is InChI=1S/C35H37BrF4N4O5/c1-32(2,3)49-30(46)28-23(5-4-6-27(28)36)17-48-18-25-16-42(19-33(25)20-43(21-33)31(47)34(11-12-34)35(38,39)40)29(45)24-13-41-44(15-24)14-22-7-9-26(37)10-8-22/h4-10,13,15,25H,11-12,14,16-21H2,1-3H3. The second-order valence-electron chi connectivity index (χ2n) is 14.3. The lowest BCUT2D eigenvalue weighted by molar-refractivity contribution is -0.205. The summed E-state index contributed by atoms with van der Waals surface area (Å²) in [6.07, 6.45) is -2.00. The minimum absolute atomic E-state index is 0.0462. The molecule has 3 heterocycles. The fourth-order valence-corrected chi connectivity index (χ4v) is 7.33. The van der Waals surface area contributed by atoms with E-state index in [-0.39, 0.29) is 69.9 Å². The summed E-state index contributed by atoms with van der Waals surface area (Å²) < 4.78 is 68.5. The van der Waals surface area contributed by atoms with Crippen LogP contribution in [0.25, 0.3) is 0 Å². The lowest BCUT2D eigenvalue weighted by Gasteiger charge is -2.51. The normalized spacial score (nSPS) is 19.6. The van der Waals surface area contributed by atoms with Crippen LogP contribution in [0.3, 0.4) is 0 Å². The summed E-state index contributed by atoms with van der Waals surface area (Å²) in [7, 11) is 0. The first kappa shape index (κ1) is 35.1. The molecule has 1 spiro atoms. The van der Waals surface area contributed by atoms with Crippen LogP contribution in [-0.4, -0.2) is 81.9 Å². The molecule has 1 aromatic heterocycles. The molecule has 1 saturated carbocycles. The Bertz CT molecular complexity index is 1740. The van der Waals surface area contributed by atoms with E-state index in [0.717, 1.165) is 5.56 Å². The molecule has 2 aromatic carbocycles. The number of aromatic nitrogens is 2. The molecule has 262 valence electrons. The first-order valence-electron chi connectivity index (χ1n) is 16.0. The summed E-state index contributed by atoms with van der Waals surface area (Å²) >= 11 is 3.44. The van der Waals surface area contributed by atoms with E-state index < -0.39 is 34.5 Å². The number of halogens is 5. The molecule has 6 rings (SSSR count). The van der Waals surface area contributed by atoms with Gasteiger partial charge in [-0.15, -0.1) is 0 Å². The third kappa shape index (κ3) is 7.12. The zero-order chi connectivity index (χ0) is 35.4. The average Bonchev–Trinajstić information content (AvgIpc) is 3.56. The van der Waals surface area contributed by atoms with Crippen LogP contribution in [0.5, 0.6) is 0 Å². The highest BCUT2D eigenvalue weighted by Crippen LogP contribution is 2.60. The molecule has 1 aliphatic carbocycles. The van der Waals surface area contributed by atoms with Crippen LogP contribution in [-0.2, 0) is 27.4 Å². The Labute approximate surface area is 289 Å². The number of likely N-dealkylation sites (tertiary alicyclic amines) is 2. The van der Waals surface area contributed by atoms with Gasteiger partial charge in [0.05, 0.1) is 37.1 Å². The Hall–Kier alpha value is -3.78. The smallest absolute Gasteiger partial charge is 0.403 e. The molecule has 2 amide bonds.